The van der Waals surface area contributed by atoms with Crippen molar-refractivity contribution < 1.29 is 22.4 Å². The number of piperazine rings is 1. The van der Waals surface area contributed by atoms with Gasteiger partial charge in [-0.05, 0) is 52.0 Å². The van der Waals surface area contributed by atoms with E-state index in [0.29, 0.717) is 13.1 Å². The van der Waals surface area contributed by atoms with Crippen LogP contribution >= 0.6 is 0 Å². The summed E-state index contributed by atoms with van der Waals surface area (Å²) in [6.45, 7) is 8.18. The molecule has 0 radical (unpaired) electrons. The van der Waals surface area contributed by atoms with E-state index in [1.165, 1.54) is 16.4 Å². The Kier molecular flexibility index (Phi) is 6.79. The van der Waals surface area contributed by atoms with Crippen LogP contribution in [0.5, 0.6) is 0 Å². The summed E-state index contributed by atoms with van der Waals surface area (Å²) in [5.41, 5.74) is -0.464. The molecule has 1 aliphatic heterocycles. The largest absolute Gasteiger partial charge is 0.333 e. The lowest BCUT2D eigenvalue weighted by atomic mass is 10.1. The van der Waals surface area contributed by atoms with Crippen molar-refractivity contribution >= 4 is 22.0 Å². The summed E-state index contributed by atoms with van der Waals surface area (Å²) < 4.78 is 39.6. The molecule has 1 saturated heterocycles. The fourth-order valence-corrected chi connectivity index (χ4v) is 4.26. The van der Waals surface area contributed by atoms with Crippen LogP contribution in [0.25, 0.3) is 0 Å². The number of hydrogen-bond donors (Lipinski definition) is 2. The van der Waals surface area contributed by atoms with Crippen LogP contribution < -0.4 is 10.6 Å². The Hall–Kier alpha value is -2.04. The van der Waals surface area contributed by atoms with Crippen molar-refractivity contribution in [3.63, 3.8) is 0 Å². The van der Waals surface area contributed by atoms with Crippen molar-refractivity contribution in [3.05, 3.63) is 30.1 Å². The summed E-state index contributed by atoms with van der Waals surface area (Å²) >= 11 is 0. The molecule has 1 fully saturated rings. The Morgan fingerprint density at radius 1 is 1.07 bits per heavy atom. The molecule has 2 N–H and O–H groups in total. The van der Waals surface area contributed by atoms with Crippen molar-refractivity contribution in [3.8, 4) is 0 Å². The zero-order valence-electron chi connectivity index (χ0n) is 16.5. The van der Waals surface area contributed by atoms with Crippen LogP contribution in [0.15, 0.2) is 29.2 Å². The van der Waals surface area contributed by atoms with Crippen molar-refractivity contribution in [2.24, 2.45) is 0 Å². The standard InChI is InChI=1S/C18H27FN4O4S/c1-13(16(24)20-17(25)21-18(2,3)4)22-9-11-23(12-10-22)28(26,27)15-7-5-14(19)6-8-15/h5-8,13H,9-12H2,1-4H3,(H2,20,21,24,25)/t13-/m1/s1. The lowest BCUT2D eigenvalue weighted by Gasteiger charge is -2.36. The lowest BCUT2D eigenvalue weighted by molar-refractivity contribution is -0.125. The lowest BCUT2D eigenvalue weighted by Crippen LogP contribution is -2.57. The van der Waals surface area contributed by atoms with Gasteiger partial charge in [-0.2, -0.15) is 4.31 Å². The van der Waals surface area contributed by atoms with E-state index in [4.69, 9.17) is 0 Å². The molecular weight excluding hydrogens is 387 g/mol. The topological polar surface area (TPSA) is 98.8 Å². The second kappa shape index (κ2) is 8.54. The summed E-state index contributed by atoms with van der Waals surface area (Å²) in [7, 11) is -3.71. The van der Waals surface area contributed by atoms with E-state index in [-0.39, 0.29) is 18.0 Å². The van der Waals surface area contributed by atoms with Crippen molar-refractivity contribution in [2.45, 2.75) is 44.2 Å². The highest BCUT2D eigenvalue weighted by Crippen LogP contribution is 2.18. The monoisotopic (exact) mass is 414 g/mol. The first-order valence-electron chi connectivity index (χ1n) is 9.03. The van der Waals surface area contributed by atoms with E-state index < -0.39 is 39.4 Å². The number of carbonyl (C=O) groups excluding carboxylic acids is 2. The van der Waals surface area contributed by atoms with Gasteiger partial charge in [-0.15, -0.1) is 0 Å². The molecule has 0 aliphatic carbocycles. The summed E-state index contributed by atoms with van der Waals surface area (Å²) in [6, 6.07) is 3.54. The third-order valence-electron chi connectivity index (χ3n) is 4.38. The Bertz CT molecular complexity index is 813. The average molecular weight is 415 g/mol. The molecule has 3 amide bonds. The van der Waals surface area contributed by atoms with E-state index in [0.717, 1.165) is 12.1 Å². The molecule has 0 unspecified atom stereocenters. The second-order valence-electron chi connectivity index (χ2n) is 7.76. The highest BCUT2D eigenvalue weighted by atomic mass is 32.2. The summed E-state index contributed by atoms with van der Waals surface area (Å²) in [5, 5.41) is 4.96. The number of benzene rings is 1. The maximum atomic E-state index is 13.0. The van der Waals surface area contributed by atoms with Gasteiger partial charge in [-0.1, -0.05) is 0 Å². The minimum Gasteiger partial charge on any atom is -0.333 e. The maximum Gasteiger partial charge on any atom is 0.321 e. The number of halogens is 1. The second-order valence-corrected chi connectivity index (χ2v) is 9.70. The number of imide groups is 1. The number of carbonyl (C=O) groups is 2. The van der Waals surface area contributed by atoms with Gasteiger partial charge in [0.05, 0.1) is 10.9 Å². The molecule has 8 nitrogen and oxygen atoms in total. The third kappa shape index (κ3) is 5.73. The molecule has 1 aliphatic rings. The van der Waals surface area contributed by atoms with E-state index in [1.807, 2.05) is 4.90 Å². The normalized spacial score (nSPS) is 17.8. The molecule has 1 heterocycles. The molecule has 1 atom stereocenters. The Labute approximate surface area is 165 Å². The predicted molar refractivity (Wildman–Crippen MR) is 103 cm³/mol. The van der Waals surface area contributed by atoms with E-state index in [9.17, 15) is 22.4 Å². The number of amides is 3. The van der Waals surface area contributed by atoms with Crippen LogP contribution in [0.3, 0.4) is 0 Å². The number of urea groups is 1. The molecule has 28 heavy (non-hydrogen) atoms. The number of nitrogens with one attached hydrogen (secondary N) is 2. The molecule has 1 aromatic carbocycles. The summed E-state index contributed by atoms with van der Waals surface area (Å²) in [5.74, 6) is -0.948. The van der Waals surface area contributed by atoms with Gasteiger partial charge in [0.25, 0.3) is 0 Å². The fraction of sp³-hybridized carbons (Fsp3) is 0.556. The number of rotatable bonds is 4. The van der Waals surface area contributed by atoms with Gasteiger partial charge in [-0.25, -0.2) is 17.6 Å². The Morgan fingerprint density at radius 3 is 2.11 bits per heavy atom. The third-order valence-corrected chi connectivity index (χ3v) is 6.29. The Morgan fingerprint density at radius 2 is 1.61 bits per heavy atom. The molecule has 0 spiro atoms. The van der Waals surface area contributed by atoms with Gasteiger partial charge in [0, 0.05) is 31.7 Å². The molecule has 10 heteroatoms. The van der Waals surface area contributed by atoms with Crippen LogP contribution in [0.2, 0.25) is 0 Å². The van der Waals surface area contributed by atoms with E-state index in [2.05, 4.69) is 10.6 Å². The summed E-state index contributed by atoms with van der Waals surface area (Å²) in [6.07, 6.45) is 0. The highest BCUT2D eigenvalue weighted by molar-refractivity contribution is 7.89. The number of sulfonamides is 1. The predicted octanol–water partition coefficient (Wildman–Crippen LogP) is 1.14. The first kappa shape index (κ1) is 22.3. The van der Waals surface area contributed by atoms with Gasteiger partial charge >= 0.3 is 6.03 Å². The number of hydrogen-bond acceptors (Lipinski definition) is 5. The molecule has 0 aromatic heterocycles. The van der Waals surface area contributed by atoms with Gasteiger partial charge in [0.1, 0.15) is 5.82 Å². The smallest absolute Gasteiger partial charge is 0.321 e. The van der Waals surface area contributed by atoms with Crippen LogP contribution in [-0.2, 0) is 14.8 Å². The SMILES string of the molecule is C[C@H](C(=O)NC(=O)NC(C)(C)C)N1CCN(S(=O)(=O)c2ccc(F)cc2)CC1. The zero-order valence-corrected chi connectivity index (χ0v) is 17.3. The van der Waals surface area contributed by atoms with Gasteiger partial charge < -0.3 is 5.32 Å². The van der Waals surface area contributed by atoms with Crippen molar-refractivity contribution in [1.82, 2.24) is 19.8 Å². The minimum atomic E-state index is -3.71. The average Bonchev–Trinajstić information content (AvgIpc) is 2.59. The molecule has 0 saturated carbocycles. The first-order valence-corrected chi connectivity index (χ1v) is 10.5. The maximum absolute atomic E-state index is 13.0. The van der Waals surface area contributed by atoms with E-state index >= 15 is 0 Å². The molecule has 2 rings (SSSR count). The molecule has 0 bridgehead atoms. The minimum absolute atomic E-state index is 0.0343. The van der Waals surface area contributed by atoms with Crippen molar-refractivity contribution in [1.29, 1.82) is 0 Å². The fourth-order valence-electron chi connectivity index (χ4n) is 2.84. The van der Waals surface area contributed by atoms with Crippen molar-refractivity contribution in [2.75, 3.05) is 26.2 Å². The first-order chi connectivity index (χ1) is 12.9. The highest BCUT2D eigenvalue weighted by Gasteiger charge is 2.32. The van der Waals surface area contributed by atoms with Gasteiger partial charge in [0.15, 0.2) is 0 Å². The van der Waals surface area contributed by atoms with Crippen LogP contribution in [-0.4, -0.2) is 67.3 Å². The molecule has 156 valence electrons. The zero-order chi connectivity index (χ0) is 21.1. The number of nitrogens with zero attached hydrogens (tertiary/aromatic N) is 2. The van der Waals surface area contributed by atoms with Crippen LogP contribution in [0, 0.1) is 5.82 Å². The molecule has 1 aromatic rings. The van der Waals surface area contributed by atoms with Gasteiger partial charge in [-0.3, -0.25) is 15.0 Å². The quantitative estimate of drug-likeness (QED) is 0.770. The van der Waals surface area contributed by atoms with Crippen LogP contribution in [0.4, 0.5) is 9.18 Å². The van der Waals surface area contributed by atoms with Gasteiger partial charge in [0.2, 0.25) is 15.9 Å². The van der Waals surface area contributed by atoms with Crippen LogP contribution in [0.1, 0.15) is 27.7 Å². The van der Waals surface area contributed by atoms with E-state index in [1.54, 1.807) is 27.7 Å². The Balaban J connectivity index is 1.93. The molecular formula is C18H27FN4O4S. The summed E-state index contributed by atoms with van der Waals surface area (Å²) in [4.78, 5) is 26.0.